The van der Waals surface area contributed by atoms with E-state index in [1.54, 1.807) is 55.4 Å². The molecule has 15 heteroatoms. The van der Waals surface area contributed by atoms with Crippen LogP contribution in [0.25, 0.3) is 0 Å². The van der Waals surface area contributed by atoms with E-state index in [1.165, 1.54) is 31.4 Å². The second kappa shape index (κ2) is 12.5. The van der Waals surface area contributed by atoms with Crippen molar-refractivity contribution in [2.75, 3.05) is 48.2 Å². The van der Waals surface area contributed by atoms with Crippen molar-refractivity contribution < 1.29 is 18.3 Å². The lowest BCUT2D eigenvalue weighted by Gasteiger charge is -2.20. The molecular formula is C31H29F2N11O2. The van der Waals surface area contributed by atoms with Gasteiger partial charge in [-0.3, -0.25) is 0 Å². The number of hydrogen-bond donors (Lipinski definition) is 4. The summed E-state index contributed by atoms with van der Waals surface area (Å²) in [5, 5.41) is 6.42. The Bertz CT molecular complexity index is 1920. The van der Waals surface area contributed by atoms with E-state index in [1.807, 2.05) is 6.07 Å². The smallest absolute Gasteiger partial charge is 0.328 e. The zero-order valence-electron chi connectivity index (χ0n) is 25.0. The van der Waals surface area contributed by atoms with Crippen molar-refractivity contribution in [2.45, 2.75) is 12.5 Å². The Morgan fingerprint density at radius 1 is 0.870 bits per heavy atom. The van der Waals surface area contributed by atoms with Crippen LogP contribution in [0.3, 0.4) is 0 Å². The standard InChI is InChI=1S/C31H29F2N11O2/c1-44(2)30-41-29(36-20-11-9-19(33)10-12-20)42-31(43-30)46-23-13-6-17(14-24(23)45-3)22-15-21(16-4-7-18(32)8-5-16)37-25-26(34)39-28(35)40-27(25)38-22/h4-14,22H,15H2,1-3H3,(H,36,41,42,43)(H5,34,35,38,39,40). The van der Waals surface area contributed by atoms with Gasteiger partial charge in [0.2, 0.25) is 17.8 Å². The second-order valence-corrected chi connectivity index (χ2v) is 10.4. The highest BCUT2D eigenvalue weighted by Crippen LogP contribution is 2.40. The van der Waals surface area contributed by atoms with Gasteiger partial charge in [0.25, 0.3) is 0 Å². The number of fused-ring (bicyclic) bond motifs is 1. The normalized spacial score (nSPS) is 13.9. The van der Waals surface area contributed by atoms with Gasteiger partial charge in [0.15, 0.2) is 23.1 Å². The number of aliphatic imine (C=N–C) groups is 1. The van der Waals surface area contributed by atoms with Gasteiger partial charge in [0.05, 0.1) is 18.9 Å². The number of nitrogens with one attached hydrogen (secondary N) is 2. The quantitative estimate of drug-likeness (QED) is 0.173. The van der Waals surface area contributed by atoms with Gasteiger partial charge in [-0.2, -0.15) is 24.9 Å². The molecule has 1 aliphatic heterocycles. The van der Waals surface area contributed by atoms with Crippen LogP contribution in [0.5, 0.6) is 17.5 Å². The third-order valence-corrected chi connectivity index (χ3v) is 6.96. The molecule has 0 fully saturated rings. The van der Waals surface area contributed by atoms with E-state index in [2.05, 4.69) is 35.6 Å². The molecule has 3 aromatic carbocycles. The predicted molar refractivity (Wildman–Crippen MR) is 171 cm³/mol. The molecule has 0 amide bonds. The fraction of sp³-hybridized carbons (Fsp3) is 0.161. The summed E-state index contributed by atoms with van der Waals surface area (Å²) >= 11 is 0. The molecule has 0 saturated heterocycles. The summed E-state index contributed by atoms with van der Waals surface area (Å²) in [6, 6.07) is 16.8. The lowest BCUT2D eigenvalue weighted by molar-refractivity contribution is 0.367. The first kappa shape index (κ1) is 29.9. The Labute approximate surface area is 262 Å². The number of halogens is 2. The van der Waals surface area contributed by atoms with Crippen molar-refractivity contribution in [3.8, 4) is 17.5 Å². The first-order valence-corrected chi connectivity index (χ1v) is 14.0. The largest absolute Gasteiger partial charge is 0.493 e. The number of anilines is 6. The minimum absolute atomic E-state index is 0.00394. The molecule has 3 heterocycles. The highest BCUT2D eigenvalue weighted by Gasteiger charge is 2.26. The fourth-order valence-electron chi connectivity index (χ4n) is 4.71. The Kier molecular flexibility index (Phi) is 8.12. The number of nitrogens with zero attached hydrogens (tertiary/aromatic N) is 7. The Balaban J connectivity index is 1.32. The molecule has 1 aliphatic rings. The first-order valence-electron chi connectivity index (χ1n) is 14.0. The number of ether oxygens (including phenoxy) is 2. The van der Waals surface area contributed by atoms with Gasteiger partial charge in [0.1, 0.15) is 17.3 Å². The van der Waals surface area contributed by atoms with E-state index in [0.717, 1.165) is 5.56 Å². The van der Waals surface area contributed by atoms with Crippen molar-refractivity contribution in [2.24, 2.45) is 4.99 Å². The molecule has 13 nitrogen and oxygen atoms in total. The highest BCUT2D eigenvalue weighted by atomic mass is 19.1. The zero-order chi connectivity index (χ0) is 32.4. The monoisotopic (exact) mass is 625 g/mol. The van der Waals surface area contributed by atoms with Crippen molar-refractivity contribution in [3.05, 3.63) is 89.5 Å². The maximum Gasteiger partial charge on any atom is 0.328 e. The molecule has 1 unspecified atom stereocenters. The number of nitrogens with two attached hydrogens (primary N) is 2. The van der Waals surface area contributed by atoms with Crippen molar-refractivity contribution >= 4 is 46.6 Å². The van der Waals surface area contributed by atoms with E-state index < -0.39 is 0 Å². The summed E-state index contributed by atoms with van der Waals surface area (Å²) in [5.41, 5.74) is 15.1. The molecular weight excluding hydrogens is 596 g/mol. The SMILES string of the molecule is COc1cc(C2CC(c3ccc(F)cc3)=Nc3c(N)nc(N)nc3N2)ccc1Oc1nc(Nc2ccc(F)cc2)nc(N(C)C)n1. The van der Waals surface area contributed by atoms with Crippen LogP contribution in [-0.4, -0.2) is 51.8 Å². The van der Waals surface area contributed by atoms with Crippen LogP contribution in [0.1, 0.15) is 23.6 Å². The summed E-state index contributed by atoms with van der Waals surface area (Å²) < 4.78 is 38.9. The third kappa shape index (κ3) is 6.52. The van der Waals surface area contributed by atoms with Crippen LogP contribution in [0.4, 0.5) is 49.6 Å². The molecule has 0 radical (unpaired) electrons. The number of rotatable bonds is 8. The molecule has 5 aromatic rings. The average Bonchev–Trinajstić information content (AvgIpc) is 3.23. The van der Waals surface area contributed by atoms with E-state index in [4.69, 9.17) is 25.9 Å². The predicted octanol–water partition coefficient (Wildman–Crippen LogP) is 5.39. The zero-order valence-corrected chi connectivity index (χ0v) is 25.0. The summed E-state index contributed by atoms with van der Waals surface area (Å²) in [6.07, 6.45) is 0.378. The number of methoxy groups -OCH3 is 1. The molecule has 6 N–H and O–H groups in total. The van der Waals surface area contributed by atoms with Gasteiger partial charge < -0.3 is 36.5 Å². The maximum absolute atomic E-state index is 13.7. The highest BCUT2D eigenvalue weighted by molar-refractivity contribution is 6.04. The molecule has 0 bridgehead atoms. The van der Waals surface area contributed by atoms with Crippen LogP contribution in [-0.2, 0) is 0 Å². The second-order valence-electron chi connectivity index (χ2n) is 10.4. The molecule has 2 aromatic heterocycles. The first-order chi connectivity index (χ1) is 22.1. The average molecular weight is 626 g/mol. The molecule has 0 aliphatic carbocycles. The third-order valence-electron chi connectivity index (χ3n) is 6.96. The molecule has 234 valence electrons. The van der Waals surface area contributed by atoms with Crippen LogP contribution < -0.4 is 36.5 Å². The number of hydrogen-bond acceptors (Lipinski definition) is 13. The van der Waals surface area contributed by atoms with Crippen molar-refractivity contribution in [1.82, 2.24) is 24.9 Å². The topological polar surface area (TPSA) is 175 Å². The van der Waals surface area contributed by atoms with Gasteiger partial charge in [-0.25, -0.2) is 13.8 Å². The Hall–Kier alpha value is -6.12. The molecule has 0 spiro atoms. The van der Waals surface area contributed by atoms with Gasteiger partial charge in [-0.05, 0) is 59.7 Å². The summed E-state index contributed by atoms with van der Waals surface area (Å²) in [4.78, 5) is 28.1. The van der Waals surface area contributed by atoms with Gasteiger partial charge in [-0.1, -0.05) is 18.2 Å². The van der Waals surface area contributed by atoms with E-state index >= 15 is 0 Å². The Morgan fingerprint density at radius 2 is 1.59 bits per heavy atom. The van der Waals surface area contributed by atoms with Gasteiger partial charge in [-0.15, -0.1) is 0 Å². The summed E-state index contributed by atoms with van der Waals surface area (Å²) in [5.74, 6) is 1.000. The summed E-state index contributed by atoms with van der Waals surface area (Å²) in [7, 11) is 5.08. The minimum atomic E-state index is -0.384. The van der Waals surface area contributed by atoms with E-state index in [0.29, 0.717) is 52.3 Å². The van der Waals surface area contributed by atoms with E-state index in [-0.39, 0.29) is 41.4 Å². The van der Waals surface area contributed by atoms with Crippen LogP contribution in [0.2, 0.25) is 0 Å². The minimum Gasteiger partial charge on any atom is -0.493 e. The fourth-order valence-corrected chi connectivity index (χ4v) is 4.71. The van der Waals surface area contributed by atoms with Crippen LogP contribution >= 0.6 is 0 Å². The number of benzene rings is 3. The lowest BCUT2D eigenvalue weighted by atomic mass is 9.97. The van der Waals surface area contributed by atoms with Crippen LogP contribution in [0.15, 0.2) is 71.7 Å². The van der Waals surface area contributed by atoms with Crippen LogP contribution in [0, 0.1) is 11.6 Å². The summed E-state index contributed by atoms with van der Waals surface area (Å²) in [6.45, 7) is 0. The molecule has 0 saturated carbocycles. The number of aromatic nitrogens is 5. The van der Waals surface area contributed by atoms with Crippen molar-refractivity contribution in [3.63, 3.8) is 0 Å². The van der Waals surface area contributed by atoms with Crippen molar-refractivity contribution in [1.29, 1.82) is 0 Å². The molecule has 6 rings (SSSR count). The molecule has 46 heavy (non-hydrogen) atoms. The molecule has 1 atom stereocenters. The number of nitrogen functional groups attached to an aromatic ring is 2. The van der Waals surface area contributed by atoms with Gasteiger partial charge >= 0.3 is 6.01 Å². The van der Waals surface area contributed by atoms with Gasteiger partial charge in [0, 0.05) is 26.2 Å². The maximum atomic E-state index is 13.7. The Morgan fingerprint density at radius 3 is 2.28 bits per heavy atom. The lowest BCUT2D eigenvalue weighted by Crippen LogP contribution is -2.16. The van der Waals surface area contributed by atoms with E-state index in [9.17, 15) is 8.78 Å².